The summed E-state index contributed by atoms with van der Waals surface area (Å²) >= 11 is 0. The number of nitrogens with one attached hydrogen (secondary N) is 6. The van der Waals surface area contributed by atoms with Gasteiger partial charge in [-0.25, -0.2) is 0 Å². The van der Waals surface area contributed by atoms with Gasteiger partial charge in [0.1, 0.15) is 0 Å². The van der Waals surface area contributed by atoms with Crippen molar-refractivity contribution in [2.75, 3.05) is 79.5 Å². The largest absolute Gasteiger partial charge is 0.322 e. The van der Waals surface area contributed by atoms with Crippen LogP contribution in [0.15, 0.2) is 0 Å². The average molecular weight is 316 g/mol. The Morgan fingerprint density at radius 2 is 0.955 bits per heavy atom. The Labute approximate surface area is 134 Å². The predicted molar refractivity (Wildman–Crippen MR) is 93.2 cm³/mol. The predicted octanol–water partition coefficient (Wildman–Crippen LogP) is -3.81. The molecule has 0 radical (unpaired) electrons. The summed E-state index contributed by atoms with van der Waals surface area (Å²) in [6.45, 7) is 8.19. The molecule has 22 heavy (non-hydrogen) atoms. The van der Waals surface area contributed by atoms with Gasteiger partial charge in [0.15, 0.2) is 0 Å². The summed E-state index contributed by atoms with van der Waals surface area (Å²) in [5.41, 5.74) is 12.3. The minimum Gasteiger partial charge on any atom is -0.322 e. The third-order valence-corrected chi connectivity index (χ3v) is 3.92. The first-order valence-electron chi connectivity index (χ1n) is 8.23. The van der Waals surface area contributed by atoms with Crippen LogP contribution in [-0.4, -0.2) is 90.6 Å². The zero-order valence-electron chi connectivity index (χ0n) is 14.2. The van der Waals surface area contributed by atoms with Crippen LogP contribution in [0, 0.1) is 0 Å². The van der Waals surface area contributed by atoms with Gasteiger partial charge in [-0.2, -0.15) is 0 Å². The van der Waals surface area contributed by atoms with Gasteiger partial charge in [-0.15, -0.1) is 0 Å². The Morgan fingerprint density at radius 1 is 0.682 bits per heavy atom. The normalized spacial score (nSPS) is 33.3. The van der Waals surface area contributed by atoms with Crippen LogP contribution >= 0.6 is 0 Å². The molecule has 8 nitrogen and oxygen atoms in total. The highest BCUT2D eigenvalue weighted by atomic mass is 15.1. The lowest BCUT2D eigenvalue weighted by Gasteiger charge is -2.32. The molecule has 1 rings (SSSR count). The van der Waals surface area contributed by atoms with E-state index < -0.39 is 0 Å². The fraction of sp³-hybridized carbons (Fsp3) is 1.00. The van der Waals surface area contributed by atoms with Gasteiger partial charge in [-0.3, -0.25) is 0 Å². The van der Waals surface area contributed by atoms with Gasteiger partial charge in [-0.05, 0) is 14.1 Å². The number of rotatable bonds is 4. The zero-order valence-corrected chi connectivity index (χ0v) is 14.2. The SMILES string of the molecule is CNCC1(N)CNCCNCC(N)(CNC)CNCCNC1. The molecule has 10 N–H and O–H groups in total. The molecule has 0 aliphatic carbocycles. The fourth-order valence-corrected chi connectivity index (χ4v) is 2.78. The molecule has 0 aromatic heterocycles. The van der Waals surface area contributed by atoms with Crippen molar-refractivity contribution in [3.63, 3.8) is 0 Å². The molecule has 0 bridgehead atoms. The summed E-state index contributed by atoms with van der Waals surface area (Å²) < 4.78 is 0. The van der Waals surface area contributed by atoms with Crippen molar-refractivity contribution in [2.45, 2.75) is 11.1 Å². The molecular formula is C14H36N8. The molecule has 8 heteroatoms. The fourth-order valence-electron chi connectivity index (χ4n) is 2.78. The molecule has 0 aromatic carbocycles. The van der Waals surface area contributed by atoms with E-state index in [4.69, 9.17) is 11.5 Å². The number of likely N-dealkylation sites (N-methyl/N-ethyl adjacent to an activating group) is 2. The summed E-state index contributed by atoms with van der Waals surface area (Å²) in [6, 6.07) is 0. The van der Waals surface area contributed by atoms with Gasteiger partial charge < -0.3 is 43.4 Å². The first kappa shape index (κ1) is 19.7. The highest BCUT2D eigenvalue weighted by Gasteiger charge is 2.25. The number of hydrogen-bond donors (Lipinski definition) is 8. The van der Waals surface area contributed by atoms with Crippen molar-refractivity contribution in [1.29, 1.82) is 0 Å². The summed E-state index contributed by atoms with van der Waals surface area (Å²) in [5.74, 6) is 0. The molecule has 0 aromatic rings. The van der Waals surface area contributed by atoms with Crippen molar-refractivity contribution in [3.05, 3.63) is 0 Å². The van der Waals surface area contributed by atoms with Crippen LogP contribution in [0.25, 0.3) is 0 Å². The molecule has 0 amide bonds. The Hall–Kier alpha value is -0.320. The molecule has 0 atom stereocenters. The molecule has 1 aliphatic heterocycles. The van der Waals surface area contributed by atoms with E-state index in [-0.39, 0.29) is 11.1 Å². The van der Waals surface area contributed by atoms with E-state index >= 15 is 0 Å². The third kappa shape index (κ3) is 7.80. The summed E-state index contributed by atoms with van der Waals surface area (Å²) in [6.07, 6.45) is 0. The second-order valence-corrected chi connectivity index (χ2v) is 6.49. The quantitative estimate of drug-likeness (QED) is 0.266. The lowest BCUT2D eigenvalue weighted by atomic mass is 10.00. The van der Waals surface area contributed by atoms with Crippen molar-refractivity contribution < 1.29 is 0 Å². The molecule has 0 saturated carbocycles. The Kier molecular flexibility index (Phi) is 9.37. The van der Waals surface area contributed by atoms with Crippen LogP contribution in [0.3, 0.4) is 0 Å². The molecular weight excluding hydrogens is 280 g/mol. The van der Waals surface area contributed by atoms with E-state index in [9.17, 15) is 0 Å². The lowest BCUT2D eigenvalue weighted by molar-refractivity contribution is 0.334. The molecule has 1 saturated heterocycles. The Balaban J connectivity index is 2.49. The minimum atomic E-state index is -0.275. The van der Waals surface area contributed by atoms with Gasteiger partial charge in [0.05, 0.1) is 11.1 Å². The second kappa shape index (κ2) is 10.5. The topological polar surface area (TPSA) is 124 Å². The van der Waals surface area contributed by atoms with Crippen molar-refractivity contribution in [3.8, 4) is 0 Å². The van der Waals surface area contributed by atoms with Crippen LogP contribution in [0.2, 0.25) is 0 Å². The monoisotopic (exact) mass is 316 g/mol. The Bertz CT molecular complexity index is 242. The minimum absolute atomic E-state index is 0.275. The average Bonchev–Trinajstić information content (AvgIpc) is 2.46. The van der Waals surface area contributed by atoms with Gasteiger partial charge in [-0.1, -0.05) is 0 Å². The van der Waals surface area contributed by atoms with Crippen LogP contribution in [0.1, 0.15) is 0 Å². The zero-order chi connectivity index (χ0) is 16.3. The van der Waals surface area contributed by atoms with E-state index in [1.807, 2.05) is 14.1 Å². The van der Waals surface area contributed by atoms with E-state index in [0.29, 0.717) is 0 Å². The maximum Gasteiger partial charge on any atom is 0.0533 e. The highest BCUT2D eigenvalue weighted by Crippen LogP contribution is 1.97. The molecule has 1 fully saturated rings. The first-order chi connectivity index (χ1) is 10.5. The number of hydrogen-bond acceptors (Lipinski definition) is 8. The number of nitrogens with two attached hydrogens (primary N) is 2. The van der Waals surface area contributed by atoms with Gasteiger partial charge >= 0.3 is 0 Å². The van der Waals surface area contributed by atoms with Crippen molar-refractivity contribution in [2.24, 2.45) is 11.5 Å². The van der Waals surface area contributed by atoms with Gasteiger partial charge in [0, 0.05) is 65.4 Å². The van der Waals surface area contributed by atoms with Crippen LogP contribution in [-0.2, 0) is 0 Å². The third-order valence-electron chi connectivity index (χ3n) is 3.92. The molecule has 132 valence electrons. The maximum absolute atomic E-state index is 6.45. The first-order valence-corrected chi connectivity index (χ1v) is 8.23. The van der Waals surface area contributed by atoms with Crippen molar-refractivity contribution in [1.82, 2.24) is 31.9 Å². The van der Waals surface area contributed by atoms with E-state index in [1.165, 1.54) is 0 Å². The maximum atomic E-state index is 6.45. The van der Waals surface area contributed by atoms with E-state index in [2.05, 4.69) is 31.9 Å². The van der Waals surface area contributed by atoms with E-state index in [0.717, 1.165) is 65.4 Å². The molecule has 1 aliphatic rings. The summed E-state index contributed by atoms with van der Waals surface area (Å²) in [5, 5.41) is 20.1. The molecule has 0 spiro atoms. The highest BCUT2D eigenvalue weighted by molar-refractivity contribution is 4.93. The molecule has 1 heterocycles. The van der Waals surface area contributed by atoms with Crippen LogP contribution < -0.4 is 43.4 Å². The molecule has 0 unspecified atom stereocenters. The van der Waals surface area contributed by atoms with Gasteiger partial charge in [0.25, 0.3) is 0 Å². The van der Waals surface area contributed by atoms with Crippen LogP contribution in [0.4, 0.5) is 0 Å². The van der Waals surface area contributed by atoms with E-state index in [1.54, 1.807) is 0 Å². The standard InChI is InChI=1S/C14H36N8/c1-17-7-13(15)9-19-3-5-21-11-14(16,8-18-2)12-22-6-4-20-10-13/h17-22H,3-12,15-16H2,1-2H3. The van der Waals surface area contributed by atoms with Crippen LogP contribution in [0.5, 0.6) is 0 Å². The lowest BCUT2D eigenvalue weighted by Crippen LogP contribution is -2.63. The van der Waals surface area contributed by atoms with Crippen molar-refractivity contribution >= 4 is 0 Å². The second-order valence-electron chi connectivity index (χ2n) is 6.49. The summed E-state index contributed by atoms with van der Waals surface area (Å²) in [7, 11) is 3.87. The smallest absolute Gasteiger partial charge is 0.0533 e. The Morgan fingerprint density at radius 3 is 1.18 bits per heavy atom. The van der Waals surface area contributed by atoms with Gasteiger partial charge in [0.2, 0.25) is 0 Å². The summed E-state index contributed by atoms with van der Waals surface area (Å²) in [4.78, 5) is 0.